The van der Waals surface area contributed by atoms with Crippen molar-refractivity contribution < 1.29 is 19.2 Å². The minimum absolute atomic E-state index is 0.122. The first-order valence-corrected chi connectivity index (χ1v) is 8.68. The lowest BCUT2D eigenvalue weighted by atomic mass is 10.2. The van der Waals surface area contributed by atoms with Crippen LogP contribution in [0.2, 0.25) is 5.02 Å². The van der Waals surface area contributed by atoms with Crippen LogP contribution in [0, 0.1) is 10.1 Å². The number of likely N-dealkylation sites (N-methyl/N-ethyl adjacent to an activating group) is 1. The van der Waals surface area contributed by atoms with Gasteiger partial charge in [0, 0.05) is 18.7 Å². The molecule has 0 aromatic heterocycles. The maximum absolute atomic E-state index is 12.3. The van der Waals surface area contributed by atoms with Gasteiger partial charge in [-0.15, -0.1) is 0 Å². The van der Waals surface area contributed by atoms with Gasteiger partial charge in [0.1, 0.15) is 0 Å². The maximum Gasteiger partial charge on any atom is 0.271 e. The van der Waals surface area contributed by atoms with Gasteiger partial charge < -0.3 is 14.8 Å². The van der Waals surface area contributed by atoms with Crippen molar-refractivity contribution in [2.24, 2.45) is 0 Å². The quantitative estimate of drug-likeness (QED) is 0.574. The van der Waals surface area contributed by atoms with E-state index < -0.39 is 4.92 Å². The Kier molecular flexibility index (Phi) is 5.78. The van der Waals surface area contributed by atoms with E-state index in [1.165, 1.54) is 18.2 Å². The summed E-state index contributed by atoms with van der Waals surface area (Å²) < 4.78 is 10.7. The number of carbonyl (C=O) groups is 1. The fourth-order valence-electron chi connectivity index (χ4n) is 2.69. The van der Waals surface area contributed by atoms with Crippen molar-refractivity contribution in [3.63, 3.8) is 0 Å². The largest absolute Gasteiger partial charge is 0.454 e. The molecule has 1 aliphatic rings. The van der Waals surface area contributed by atoms with E-state index in [0.717, 1.165) is 5.56 Å². The summed E-state index contributed by atoms with van der Waals surface area (Å²) in [7, 11) is 0. The van der Waals surface area contributed by atoms with Gasteiger partial charge in [-0.2, -0.15) is 0 Å². The summed E-state index contributed by atoms with van der Waals surface area (Å²) in [6.45, 7) is 3.55. The van der Waals surface area contributed by atoms with Crippen LogP contribution in [0.15, 0.2) is 36.4 Å². The second kappa shape index (κ2) is 8.24. The number of benzene rings is 2. The Labute approximate surface area is 160 Å². The molecule has 0 bridgehead atoms. The molecule has 1 N–H and O–H groups in total. The third kappa shape index (κ3) is 4.66. The second-order valence-corrected chi connectivity index (χ2v) is 6.37. The number of anilines is 1. The lowest BCUT2D eigenvalue weighted by Gasteiger charge is -2.20. The molecule has 1 aliphatic heterocycles. The average molecular weight is 392 g/mol. The average Bonchev–Trinajstić information content (AvgIpc) is 3.10. The Morgan fingerprint density at radius 2 is 2.04 bits per heavy atom. The van der Waals surface area contributed by atoms with E-state index in [1.807, 2.05) is 30.0 Å². The molecule has 1 heterocycles. The lowest BCUT2D eigenvalue weighted by molar-refractivity contribution is -0.384. The number of non-ortho nitro benzene ring substituents is 1. The van der Waals surface area contributed by atoms with Crippen molar-refractivity contribution in [2.45, 2.75) is 13.5 Å². The van der Waals surface area contributed by atoms with E-state index in [0.29, 0.717) is 30.3 Å². The summed E-state index contributed by atoms with van der Waals surface area (Å²) >= 11 is 6.01. The molecule has 0 aliphatic carbocycles. The van der Waals surface area contributed by atoms with E-state index in [2.05, 4.69) is 5.32 Å². The number of carbonyl (C=O) groups excluding carboxylic acids is 1. The molecule has 0 saturated carbocycles. The Morgan fingerprint density at radius 1 is 1.26 bits per heavy atom. The second-order valence-electron chi connectivity index (χ2n) is 5.96. The molecule has 0 unspecified atom stereocenters. The van der Waals surface area contributed by atoms with E-state index in [-0.39, 0.29) is 30.0 Å². The van der Waals surface area contributed by atoms with Crippen molar-refractivity contribution in [3.8, 4) is 11.5 Å². The normalized spacial score (nSPS) is 12.3. The van der Waals surface area contributed by atoms with Crippen molar-refractivity contribution in [3.05, 3.63) is 57.1 Å². The number of rotatable bonds is 7. The van der Waals surface area contributed by atoms with Gasteiger partial charge >= 0.3 is 0 Å². The number of nitrogens with one attached hydrogen (secondary N) is 1. The van der Waals surface area contributed by atoms with Crippen LogP contribution in [0.3, 0.4) is 0 Å². The van der Waals surface area contributed by atoms with Gasteiger partial charge in [-0.25, -0.2) is 0 Å². The zero-order valence-electron chi connectivity index (χ0n) is 14.6. The van der Waals surface area contributed by atoms with Crippen LogP contribution in [0.1, 0.15) is 12.5 Å². The number of nitro groups is 1. The van der Waals surface area contributed by atoms with E-state index in [4.69, 9.17) is 21.1 Å². The Hall–Kier alpha value is -2.84. The SMILES string of the molecule is CCN(CC(=O)Nc1ccc([N+](=O)[O-])cc1Cl)Cc1ccc2c(c1)OCO2. The molecule has 27 heavy (non-hydrogen) atoms. The van der Waals surface area contributed by atoms with Gasteiger partial charge in [0.25, 0.3) is 5.69 Å². The van der Waals surface area contributed by atoms with Crippen molar-refractivity contribution in [1.29, 1.82) is 0 Å². The van der Waals surface area contributed by atoms with Gasteiger partial charge in [-0.05, 0) is 30.3 Å². The highest BCUT2D eigenvalue weighted by atomic mass is 35.5. The zero-order valence-corrected chi connectivity index (χ0v) is 15.4. The number of hydrogen-bond donors (Lipinski definition) is 1. The van der Waals surface area contributed by atoms with Crippen LogP contribution in [0.5, 0.6) is 11.5 Å². The molecule has 0 atom stereocenters. The minimum Gasteiger partial charge on any atom is -0.454 e. The van der Waals surface area contributed by atoms with Crippen LogP contribution in [0.25, 0.3) is 0 Å². The molecule has 8 nitrogen and oxygen atoms in total. The lowest BCUT2D eigenvalue weighted by Crippen LogP contribution is -2.32. The third-order valence-corrected chi connectivity index (χ3v) is 4.41. The van der Waals surface area contributed by atoms with Crippen LogP contribution in [-0.2, 0) is 11.3 Å². The number of amides is 1. The summed E-state index contributed by atoms with van der Waals surface area (Å²) in [6, 6.07) is 9.61. The van der Waals surface area contributed by atoms with Gasteiger partial charge in [-0.1, -0.05) is 24.6 Å². The van der Waals surface area contributed by atoms with Crippen LogP contribution in [-0.4, -0.2) is 35.6 Å². The predicted octanol–water partition coefficient (Wildman–Crippen LogP) is 3.44. The van der Waals surface area contributed by atoms with Gasteiger partial charge in [-0.3, -0.25) is 19.8 Å². The first kappa shape index (κ1) is 18.9. The summed E-state index contributed by atoms with van der Waals surface area (Å²) in [5, 5.41) is 13.6. The molecule has 2 aromatic rings. The fraction of sp³-hybridized carbons (Fsp3) is 0.278. The molecule has 142 valence electrons. The third-order valence-electron chi connectivity index (χ3n) is 4.10. The van der Waals surface area contributed by atoms with Crippen molar-refractivity contribution in [2.75, 3.05) is 25.2 Å². The highest BCUT2D eigenvalue weighted by Crippen LogP contribution is 2.32. The first-order chi connectivity index (χ1) is 13.0. The minimum atomic E-state index is -0.540. The smallest absolute Gasteiger partial charge is 0.271 e. The van der Waals surface area contributed by atoms with E-state index in [1.54, 1.807) is 0 Å². The monoisotopic (exact) mass is 391 g/mol. The number of fused-ring (bicyclic) bond motifs is 1. The molecular weight excluding hydrogens is 374 g/mol. The van der Waals surface area contributed by atoms with Crippen LogP contribution >= 0.6 is 11.6 Å². The summed E-state index contributed by atoms with van der Waals surface area (Å²) in [4.78, 5) is 24.5. The Bertz CT molecular complexity index is 874. The highest BCUT2D eigenvalue weighted by molar-refractivity contribution is 6.34. The van der Waals surface area contributed by atoms with E-state index >= 15 is 0 Å². The summed E-state index contributed by atoms with van der Waals surface area (Å²) in [5.41, 5.74) is 1.21. The molecule has 0 spiro atoms. The number of hydrogen-bond acceptors (Lipinski definition) is 6. The molecule has 1 amide bonds. The summed E-state index contributed by atoms with van der Waals surface area (Å²) in [5.74, 6) is 1.16. The molecule has 0 saturated heterocycles. The topological polar surface area (TPSA) is 93.9 Å². The molecule has 2 aromatic carbocycles. The van der Waals surface area contributed by atoms with E-state index in [9.17, 15) is 14.9 Å². The summed E-state index contributed by atoms with van der Waals surface area (Å²) in [6.07, 6.45) is 0. The molecule has 3 rings (SSSR count). The van der Waals surface area contributed by atoms with Crippen LogP contribution in [0.4, 0.5) is 11.4 Å². The Morgan fingerprint density at radius 3 is 2.74 bits per heavy atom. The fourth-order valence-corrected chi connectivity index (χ4v) is 2.91. The highest BCUT2D eigenvalue weighted by Gasteiger charge is 2.16. The number of nitro benzene ring substituents is 1. The zero-order chi connectivity index (χ0) is 19.4. The molecular formula is C18H18ClN3O5. The number of nitrogens with zero attached hydrogens (tertiary/aromatic N) is 2. The maximum atomic E-state index is 12.3. The first-order valence-electron chi connectivity index (χ1n) is 8.31. The van der Waals surface area contributed by atoms with Crippen molar-refractivity contribution in [1.82, 2.24) is 4.90 Å². The Balaban J connectivity index is 1.61. The molecule has 9 heteroatoms. The van der Waals surface area contributed by atoms with Gasteiger partial charge in [0.05, 0.1) is 22.2 Å². The standard InChI is InChI=1S/C18H18ClN3O5/c1-2-21(9-12-3-6-16-17(7-12)27-11-26-16)10-18(23)20-15-5-4-13(22(24)25)8-14(15)19/h3-8H,2,9-11H2,1H3,(H,20,23). The van der Waals surface area contributed by atoms with Crippen LogP contribution < -0.4 is 14.8 Å². The predicted molar refractivity (Wildman–Crippen MR) is 100 cm³/mol. The number of ether oxygens (including phenoxy) is 2. The van der Waals surface area contributed by atoms with Gasteiger partial charge in [0.15, 0.2) is 11.5 Å². The molecule has 0 fully saturated rings. The van der Waals surface area contributed by atoms with Gasteiger partial charge in [0.2, 0.25) is 12.7 Å². The molecule has 0 radical (unpaired) electrons. The number of halogens is 1. The van der Waals surface area contributed by atoms with Crippen molar-refractivity contribution >= 4 is 28.9 Å².